The highest BCUT2D eigenvalue weighted by atomic mass is 16.5. The number of likely N-dealkylation sites (tertiary alicyclic amines) is 1. The molecule has 2 heterocycles. The molecule has 1 saturated carbocycles. The number of rotatable bonds is 3. The van der Waals surface area contributed by atoms with Gasteiger partial charge < -0.3 is 15.2 Å². The molecule has 2 fully saturated rings. The molecule has 2 N–H and O–H groups in total. The van der Waals surface area contributed by atoms with Crippen LogP contribution < -0.4 is 5.73 Å². The molecule has 1 aromatic heterocycles. The Hall–Kier alpha value is -1.43. The van der Waals surface area contributed by atoms with E-state index in [9.17, 15) is 4.79 Å². The fourth-order valence-corrected chi connectivity index (χ4v) is 3.04. The van der Waals surface area contributed by atoms with Crippen LogP contribution in [0.5, 0.6) is 0 Å². The summed E-state index contributed by atoms with van der Waals surface area (Å²) in [6.45, 7) is 2.67. The molecule has 0 bridgehead atoms. The van der Waals surface area contributed by atoms with Crippen LogP contribution in [0.1, 0.15) is 69.6 Å². The van der Waals surface area contributed by atoms with Crippen molar-refractivity contribution in [2.75, 3.05) is 6.54 Å². The van der Waals surface area contributed by atoms with Gasteiger partial charge in [-0.15, -0.1) is 0 Å². The Balaban J connectivity index is 1.81. The van der Waals surface area contributed by atoms with Crippen LogP contribution in [0, 0.1) is 0 Å². The van der Waals surface area contributed by atoms with E-state index in [1.165, 1.54) is 0 Å². The highest BCUT2D eigenvalue weighted by Gasteiger charge is 2.40. The van der Waals surface area contributed by atoms with E-state index in [1.54, 1.807) is 0 Å². The fourth-order valence-electron chi connectivity index (χ4n) is 3.04. The van der Waals surface area contributed by atoms with Crippen LogP contribution in [-0.2, 0) is 10.3 Å². The first-order valence-corrected chi connectivity index (χ1v) is 7.56. The summed E-state index contributed by atoms with van der Waals surface area (Å²) in [7, 11) is 0. The monoisotopic (exact) mass is 278 g/mol. The van der Waals surface area contributed by atoms with Gasteiger partial charge >= 0.3 is 0 Å². The predicted molar refractivity (Wildman–Crippen MR) is 72.6 cm³/mol. The highest BCUT2D eigenvalue weighted by Crippen LogP contribution is 2.38. The largest absolute Gasteiger partial charge is 0.337 e. The van der Waals surface area contributed by atoms with Crippen LogP contribution in [0.15, 0.2) is 4.52 Å². The van der Waals surface area contributed by atoms with Crippen LogP contribution in [-0.4, -0.2) is 27.5 Å². The maximum Gasteiger partial charge on any atom is 0.249 e. The minimum atomic E-state index is -0.407. The number of carbonyl (C=O) groups is 1. The number of hydrogen-bond donors (Lipinski definition) is 1. The number of nitrogens with two attached hydrogens (primary N) is 1. The van der Waals surface area contributed by atoms with Crippen LogP contribution in [0.3, 0.4) is 0 Å². The van der Waals surface area contributed by atoms with Crippen molar-refractivity contribution in [3.8, 4) is 0 Å². The molecule has 110 valence electrons. The zero-order chi connectivity index (χ0) is 14.2. The molecule has 3 rings (SSSR count). The molecule has 0 spiro atoms. The van der Waals surface area contributed by atoms with Crippen LogP contribution >= 0.6 is 0 Å². The van der Waals surface area contributed by atoms with E-state index < -0.39 is 5.54 Å². The van der Waals surface area contributed by atoms with Gasteiger partial charge in [0.05, 0.1) is 5.54 Å². The summed E-state index contributed by atoms with van der Waals surface area (Å²) in [6.07, 6.45) is 6.48. The van der Waals surface area contributed by atoms with E-state index in [4.69, 9.17) is 10.3 Å². The van der Waals surface area contributed by atoms with Gasteiger partial charge in [-0.05, 0) is 38.5 Å². The second-order valence-corrected chi connectivity index (χ2v) is 5.92. The number of hydrogen-bond acceptors (Lipinski definition) is 5. The molecule has 6 nitrogen and oxygen atoms in total. The Labute approximate surface area is 118 Å². The second-order valence-electron chi connectivity index (χ2n) is 5.92. The quantitative estimate of drug-likeness (QED) is 0.912. The Morgan fingerprint density at radius 1 is 1.45 bits per heavy atom. The lowest BCUT2D eigenvalue weighted by atomic mass is 9.77. The SMILES string of the molecule is CCC(=O)N1CCCCC1c1nc(C2(N)CCC2)no1. The van der Waals surface area contributed by atoms with Crippen molar-refractivity contribution in [1.82, 2.24) is 15.0 Å². The van der Waals surface area contributed by atoms with Gasteiger partial charge in [-0.3, -0.25) is 4.79 Å². The maximum absolute atomic E-state index is 12.0. The van der Waals surface area contributed by atoms with Crippen molar-refractivity contribution < 1.29 is 9.32 Å². The third kappa shape index (κ3) is 2.22. The smallest absolute Gasteiger partial charge is 0.249 e. The Bertz CT molecular complexity index is 495. The fraction of sp³-hybridized carbons (Fsp3) is 0.786. The molecule has 1 saturated heterocycles. The van der Waals surface area contributed by atoms with E-state index in [0.29, 0.717) is 18.1 Å². The Kier molecular flexibility index (Phi) is 3.50. The average Bonchev–Trinajstić information content (AvgIpc) is 2.94. The average molecular weight is 278 g/mol. The summed E-state index contributed by atoms with van der Waals surface area (Å²) < 4.78 is 5.42. The molecular weight excluding hydrogens is 256 g/mol. The number of nitrogens with zero attached hydrogens (tertiary/aromatic N) is 3. The minimum Gasteiger partial charge on any atom is -0.337 e. The molecule has 1 atom stereocenters. The van der Waals surface area contributed by atoms with E-state index in [1.807, 2.05) is 11.8 Å². The van der Waals surface area contributed by atoms with Crippen molar-refractivity contribution in [3.63, 3.8) is 0 Å². The molecule has 2 aliphatic rings. The zero-order valence-corrected chi connectivity index (χ0v) is 12.0. The normalized spacial score (nSPS) is 25.3. The van der Waals surface area contributed by atoms with Crippen LogP contribution in [0.2, 0.25) is 0 Å². The van der Waals surface area contributed by atoms with Crippen molar-refractivity contribution in [2.24, 2.45) is 5.73 Å². The molecule has 1 aliphatic carbocycles. The summed E-state index contributed by atoms with van der Waals surface area (Å²) in [6, 6.07) is -0.0684. The number of amides is 1. The third-order valence-electron chi connectivity index (χ3n) is 4.54. The number of aromatic nitrogens is 2. The van der Waals surface area contributed by atoms with Gasteiger partial charge in [0.1, 0.15) is 6.04 Å². The van der Waals surface area contributed by atoms with Crippen molar-refractivity contribution in [1.29, 1.82) is 0 Å². The molecule has 1 aromatic rings. The van der Waals surface area contributed by atoms with Gasteiger partial charge in [0, 0.05) is 13.0 Å². The van der Waals surface area contributed by atoms with Gasteiger partial charge in [-0.25, -0.2) is 0 Å². The summed E-state index contributed by atoms with van der Waals surface area (Å²) in [5.41, 5.74) is 5.82. The molecule has 6 heteroatoms. The Morgan fingerprint density at radius 3 is 2.90 bits per heavy atom. The minimum absolute atomic E-state index is 0.0684. The molecule has 0 aromatic carbocycles. The van der Waals surface area contributed by atoms with Crippen molar-refractivity contribution >= 4 is 5.91 Å². The van der Waals surface area contributed by atoms with E-state index in [2.05, 4.69) is 10.1 Å². The highest BCUT2D eigenvalue weighted by molar-refractivity contribution is 5.76. The molecule has 1 unspecified atom stereocenters. The first kappa shape index (κ1) is 13.5. The molecule has 1 amide bonds. The van der Waals surface area contributed by atoms with E-state index in [0.717, 1.165) is 45.1 Å². The standard InChI is InChI=1S/C14H22N4O2/c1-2-11(19)18-9-4-3-6-10(18)12-16-13(17-20-12)14(15)7-5-8-14/h10H,2-9,15H2,1H3. The summed E-state index contributed by atoms with van der Waals surface area (Å²) in [5, 5.41) is 4.06. The summed E-state index contributed by atoms with van der Waals surface area (Å²) in [5.74, 6) is 1.31. The third-order valence-corrected chi connectivity index (χ3v) is 4.54. The Morgan fingerprint density at radius 2 is 2.25 bits per heavy atom. The van der Waals surface area contributed by atoms with Gasteiger partial charge in [0.25, 0.3) is 0 Å². The first-order chi connectivity index (χ1) is 9.64. The van der Waals surface area contributed by atoms with Crippen molar-refractivity contribution in [2.45, 2.75) is 63.5 Å². The van der Waals surface area contributed by atoms with Gasteiger partial charge in [-0.2, -0.15) is 4.98 Å². The topological polar surface area (TPSA) is 85.2 Å². The number of carbonyl (C=O) groups excluding carboxylic acids is 1. The number of piperidine rings is 1. The summed E-state index contributed by atoms with van der Waals surface area (Å²) in [4.78, 5) is 18.4. The van der Waals surface area contributed by atoms with Gasteiger partial charge in [0.2, 0.25) is 11.8 Å². The van der Waals surface area contributed by atoms with Gasteiger partial charge in [0.15, 0.2) is 5.82 Å². The van der Waals surface area contributed by atoms with Gasteiger partial charge in [-0.1, -0.05) is 12.1 Å². The molecule has 20 heavy (non-hydrogen) atoms. The van der Waals surface area contributed by atoms with Crippen LogP contribution in [0.25, 0.3) is 0 Å². The molecular formula is C14H22N4O2. The second kappa shape index (κ2) is 5.16. The lowest BCUT2D eigenvalue weighted by molar-refractivity contribution is -0.135. The zero-order valence-electron chi connectivity index (χ0n) is 12.0. The predicted octanol–water partition coefficient (Wildman–Crippen LogP) is 1.87. The first-order valence-electron chi connectivity index (χ1n) is 7.56. The van der Waals surface area contributed by atoms with Crippen molar-refractivity contribution in [3.05, 3.63) is 11.7 Å². The molecule has 0 radical (unpaired) electrons. The lowest BCUT2D eigenvalue weighted by Gasteiger charge is -2.35. The summed E-state index contributed by atoms with van der Waals surface area (Å²) >= 11 is 0. The van der Waals surface area contributed by atoms with E-state index in [-0.39, 0.29) is 11.9 Å². The lowest BCUT2D eigenvalue weighted by Crippen LogP contribution is -2.44. The molecule has 1 aliphatic heterocycles. The van der Waals surface area contributed by atoms with Crippen LogP contribution in [0.4, 0.5) is 0 Å². The van der Waals surface area contributed by atoms with E-state index >= 15 is 0 Å². The maximum atomic E-state index is 12.0.